The Morgan fingerprint density at radius 1 is 1.38 bits per heavy atom. The zero-order valence-electron chi connectivity index (χ0n) is 8.93. The van der Waals surface area contributed by atoms with Gasteiger partial charge in [-0.15, -0.1) is 0 Å². The number of nitrogens with one attached hydrogen (secondary N) is 1. The lowest BCUT2D eigenvalue weighted by atomic mass is 9.80. The molecule has 0 bridgehead atoms. The highest BCUT2D eigenvalue weighted by atomic mass is 14.9. The number of H-pyrrole nitrogens is 1. The van der Waals surface area contributed by atoms with E-state index in [1.54, 1.807) is 6.33 Å². The first-order valence-electron chi connectivity index (χ1n) is 5.17. The van der Waals surface area contributed by atoms with Gasteiger partial charge in [0.1, 0.15) is 0 Å². The smallest absolute Gasteiger partial charge is 0.0921 e. The number of aromatic amines is 1. The fourth-order valence-corrected chi connectivity index (χ4v) is 1.46. The van der Waals surface area contributed by atoms with Crippen LogP contribution >= 0.6 is 0 Å². The maximum Gasteiger partial charge on any atom is 0.0921 e. The lowest BCUT2D eigenvalue weighted by molar-refractivity contribution is 0.272. The highest BCUT2D eigenvalue weighted by Gasteiger charge is 2.19. The molecule has 0 fully saturated rings. The monoisotopic (exact) mass is 180 g/mol. The molecule has 0 saturated heterocycles. The van der Waals surface area contributed by atoms with Crippen LogP contribution in [0.5, 0.6) is 0 Å². The Balaban J connectivity index is 2.41. The third-order valence-corrected chi connectivity index (χ3v) is 3.26. The Kier molecular flexibility index (Phi) is 3.52. The minimum atomic E-state index is 0.505. The Morgan fingerprint density at radius 3 is 2.54 bits per heavy atom. The van der Waals surface area contributed by atoms with Crippen LogP contribution in [0.4, 0.5) is 0 Å². The summed E-state index contributed by atoms with van der Waals surface area (Å²) in [5.74, 6) is 0. The molecule has 0 aliphatic heterocycles. The van der Waals surface area contributed by atoms with Crippen molar-refractivity contribution in [3.05, 3.63) is 18.2 Å². The van der Waals surface area contributed by atoms with Gasteiger partial charge < -0.3 is 4.98 Å². The standard InChI is InChI=1S/C11H20N2/c1-4-11(3,5-2)7-6-10-8-12-9-13-10/h8-9H,4-7H2,1-3H3,(H,12,13). The summed E-state index contributed by atoms with van der Waals surface area (Å²) in [6, 6.07) is 0. The molecule has 1 heterocycles. The molecule has 2 nitrogen and oxygen atoms in total. The molecule has 0 unspecified atom stereocenters. The Hall–Kier alpha value is -0.790. The summed E-state index contributed by atoms with van der Waals surface area (Å²) in [5, 5.41) is 0. The van der Waals surface area contributed by atoms with Gasteiger partial charge in [-0.05, 0) is 18.3 Å². The predicted molar refractivity (Wildman–Crippen MR) is 55.6 cm³/mol. The number of aromatic nitrogens is 2. The van der Waals surface area contributed by atoms with Crippen LogP contribution in [0.3, 0.4) is 0 Å². The van der Waals surface area contributed by atoms with Gasteiger partial charge in [0.25, 0.3) is 0 Å². The molecule has 0 aliphatic rings. The van der Waals surface area contributed by atoms with E-state index < -0.39 is 0 Å². The normalized spacial score (nSPS) is 11.9. The van der Waals surface area contributed by atoms with Gasteiger partial charge in [-0.2, -0.15) is 0 Å². The van der Waals surface area contributed by atoms with Crippen molar-refractivity contribution in [3.63, 3.8) is 0 Å². The molecule has 1 aromatic heterocycles. The van der Waals surface area contributed by atoms with Crippen LogP contribution in [-0.4, -0.2) is 9.97 Å². The SMILES string of the molecule is CCC(C)(CC)CCc1cnc[nH]1. The van der Waals surface area contributed by atoms with Gasteiger partial charge in [0.2, 0.25) is 0 Å². The minimum Gasteiger partial charge on any atom is -0.348 e. The van der Waals surface area contributed by atoms with Crippen molar-refractivity contribution in [3.8, 4) is 0 Å². The molecule has 0 saturated carbocycles. The number of hydrogen-bond acceptors (Lipinski definition) is 1. The maximum absolute atomic E-state index is 4.02. The van der Waals surface area contributed by atoms with Gasteiger partial charge in [-0.3, -0.25) is 0 Å². The van der Waals surface area contributed by atoms with Crippen LogP contribution in [0.15, 0.2) is 12.5 Å². The van der Waals surface area contributed by atoms with E-state index in [4.69, 9.17) is 0 Å². The number of aryl methyl sites for hydroxylation is 1. The topological polar surface area (TPSA) is 28.7 Å². The third-order valence-electron chi connectivity index (χ3n) is 3.26. The second-order valence-corrected chi connectivity index (χ2v) is 4.09. The maximum atomic E-state index is 4.02. The first-order valence-corrected chi connectivity index (χ1v) is 5.17. The van der Waals surface area contributed by atoms with Crippen molar-refractivity contribution < 1.29 is 0 Å². The van der Waals surface area contributed by atoms with Gasteiger partial charge in [0.15, 0.2) is 0 Å². The lowest BCUT2D eigenvalue weighted by Gasteiger charge is -2.26. The van der Waals surface area contributed by atoms with Gasteiger partial charge >= 0.3 is 0 Å². The fourth-order valence-electron chi connectivity index (χ4n) is 1.46. The molecule has 0 amide bonds. The summed E-state index contributed by atoms with van der Waals surface area (Å²) >= 11 is 0. The molecule has 0 atom stereocenters. The summed E-state index contributed by atoms with van der Waals surface area (Å²) in [6.07, 6.45) is 8.58. The van der Waals surface area contributed by atoms with Crippen LogP contribution < -0.4 is 0 Å². The van der Waals surface area contributed by atoms with E-state index in [1.807, 2.05) is 6.20 Å². The molecular formula is C11H20N2. The number of hydrogen-bond donors (Lipinski definition) is 1. The van der Waals surface area contributed by atoms with Gasteiger partial charge in [-0.1, -0.05) is 33.6 Å². The summed E-state index contributed by atoms with van der Waals surface area (Å²) in [7, 11) is 0. The Labute approximate surface area is 80.8 Å². The van der Waals surface area contributed by atoms with Crippen LogP contribution in [0.1, 0.15) is 45.7 Å². The van der Waals surface area contributed by atoms with E-state index >= 15 is 0 Å². The number of nitrogens with zero attached hydrogens (tertiary/aromatic N) is 1. The summed E-state index contributed by atoms with van der Waals surface area (Å²) < 4.78 is 0. The van der Waals surface area contributed by atoms with E-state index in [0.717, 1.165) is 6.42 Å². The largest absolute Gasteiger partial charge is 0.348 e. The molecule has 0 spiro atoms. The molecule has 0 aliphatic carbocycles. The quantitative estimate of drug-likeness (QED) is 0.740. The molecule has 13 heavy (non-hydrogen) atoms. The minimum absolute atomic E-state index is 0.505. The first-order chi connectivity index (χ1) is 6.20. The van der Waals surface area contributed by atoms with Gasteiger partial charge in [0, 0.05) is 11.9 Å². The molecule has 0 radical (unpaired) electrons. The van der Waals surface area contributed by atoms with Gasteiger partial charge in [0.05, 0.1) is 6.33 Å². The van der Waals surface area contributed by atoms with Crippen molar-refractivity contribution in [2.75, 3.05) is 0 Å². The number of rotatable bonds is 5. The zero-order chi connectivity index (χ0) is 9.73. The van der Waals surface area contributed by atoms with E-state index in [-0.39, 0.29) is 0 Å². The van der Waals surface area contributed by atoms with E-state index in [1.165, 1.54) is 25.0 Å². The highest BCUT2D eigenvalue weighted by molar-refractivity contribution is 4.95. The average molecular weight is 180 g/mol. The van der Waals surface area contributed by atoms with Crippen molar-refractivity contribution in [1.29, 1.82) is 0 Å². The van der Waals surface area contributed by atoms with Crippen molar-refractivity contribution in [2.24, 2.45) is 5.41 Å². The van der Waals surface area contributed by atoms with Crippen LogP contribution in [0, 0.1) is 5.41 Å². The zero-order valence-corrected chi connectivity index (χ0v) is 8.93. The first kappa shape index (κ1) is 10.3. The Bertz CT molecular complexity index is 222. The van der Waals surface area contributed by atoms with Crippen LogP contribution in [0.25, 0.3) is 0 Å². The fraction of sp³-hybridized carbons (Fsp3) is 0.727. The number of imidazole rings is 1. The third kappa shape index (κ3) is 2.87. The molecule has 2 heteroatoms. The molecule has 1 aromatic rings. The van der Waals surface area contributed by atoms with Crippen molar-refractivity contribution >= 4 is 0 Å². The molecule has 1 N–H and O–H groups in total. The molecule has 0 aromatic carbocycles. The second kappa shape index (κ2) is 4.45. The second-order valence-electron chi connectivity index (χ2n) is 4.09. The molecule has 74 valence electrons. The molecular weight excluding hydrogens is 160 g/mol. The Morgan fingerprint density at radius 2 is 2.08 bits per heavy atom. The predicted octanol–water partition coefficient (Wildman–Crippen LogP) is 3.17. The van der Waals surface area contributed by atoms with E-state index in [9.17, 15) is 0 Å². The van der Waals surface area contributed by atoms with Crippen LogP contribution in [-0.2, 0) is 6.42 Å². The van der Waals surface area contributed by atoms with Crippen molar-refractivity contribution in [2.45, 2.75) is 46.5 Å². The summed E-state index contributed by atoms with van der Waals surface area (Å²) in [4.78, 5) is 7.17. The molecule has 1 rings (SSSR count). The lowest BCUT2D eigenvalue weighted by Crippen LogP contribution is -2.14. The summed E-state index contributed by atoms with van der Waals surface area (Å²) in [5.41, 5.74) is 1.76. The van der Waals surface area contributed by atoms with Gasteiger partial charge in [-0.25, -0.2) is 4.98 Å². The summed E-state index contributed by atoms with van der Waals surface area (Å²) in [6.45, 7) is 6.91. The highest BCUT2D eigenvalue weighted by Crippen LogP contribution is 2.30. The van der Waals surface area contributed by atoms with Crippen molar-refractivity contribution in [1.82, 2.24) is 9.97 Å². The average Bonchev–Trinajstić information content (AvgIpc) is 2.67. The van der Waals surface area contributed by atoms with E-state index in [2.05, 4.69) is 30.7 Å². The van der Waals surface area contributed by atoms with E-state index in [0.29, 0.717) is 5.41 Å². The van der Waals surface area contributed by atoms with Crippen LogP contribution in [0.2, 0.25) is 0 Å².